The van der Waals surface area contributed by atoms with Gasteiger partial charge in [-0.05, 0) is 54.2 Å². The quantitative estimate of drug-likeness (QED) is 0.114. The van der Waals surface area contributed by atoms with Crippen molar-refractivity contribution < 1.29 is 14.2 Å². The molecule has 5 nitrogen and oxygen atoms in total. The molecule has 1 heterocycles. The van der Waals surface area contributed by atoms with E-state index in [0.29, 0.717) is 12.6 Å². The number of hydrogen-bond donors (Lipinski definition) is 0. The van der Waals surface area contributed by atoms with Crippen molar-refractivity contribution >= 4 is 0 Å². The average molecular weight is 561 g/mol. The summed E-state index contributed by atoms with van der Waals surface area (Å²) in [5.41, 5.74) is 3.06. The van der Waals surface area contributed by atoms with Crippen LogP contribution in [0.15, 0.2) is 60.9 Å². The van der Waals surface area contributed by atoms with E-state index in [9.17, 15) is 0 Å². The maximum absolute atomic E-state index is 5.92. The normalized spacial score (nSPS) is 11.8. The van der Waals surface area contributed by atoms with Gasteiger partial charge in [0.05, 0.1) is 13.2 Å². The highest BCUT2D eigenvalue weighted by Crippen LogP contribution is 2.23. The lowest BCUT2D eigenvalue weighted by molar-refractivity contribution is 0.280. The molecule has 0 aliphatic carbocycles. The second-order valence-electron chi connectivity index (χ2n) is 11.2. The second-order valence-corrected chi connectivity index (χ2v) is 11.2. The van der Waals surface area contributed by atoms with E-state index in [2.05, 4.69) is 42.9 Å². The number of hydrogen-bond acceptors (Lipinski definition) is 5. The van der Waals surface area contributed by atoms with Crippen molar-refractivity contribution in [2.45, 2.75) is 111 Å². The van der Waals surface area contributed by atoms with Crippen LogP contribution in [0.1, 0.15) is 110 Å². The molecule has 3 rings (SSSR count). The van der Waals surface area contributed by atoms with Gasteiger partial charge in [-0.1, -0.05) is 116 Å². The predicted octanol–water partition coefficient (Wildman–Crippen LogP) is 10.2. The standard InChI is InChI=1S/C36H52N2O3/c1-4-6-7-8-9-10-11-14-25-39-34-21-17-31(18-22-34)29-41-36-37-27-33(28-38-36)32-19-23-35(24-20-32)40-26-15-12-13-16-30(3)5-2/h17-24,27-28,30H,4-16,25-26,29H2,1-3H3. The van der Waals surface area contributed by atoms with E-state index in [1.54, 1.807) is 12.4 Å². The summed E-state index contributed by atoms with van der Waals surface area (Å²) in [4.78, 5) is 8.81. The van der Waals surface area contributed by atoms with Crippen LogP contribution in [0, 0.1) is 5.92 Å². The van der Waals surface area contributed by atoms with E-state index in [-0.39, 0.29) is 0 Å². The van der Waals surface area contributed by atoms with Gasteiger partial charge in [0.2, 0.25) is 0 Å². The van der Waals surface area contributed by atoms with Crippen LogP contribution >= 0.6 is 0 Å². The van der Waals surface area contributed by atoms with Crippen molar-refractivity contribution in [1.82, 2.24) is 9.97 Å². The molecule has 41 heavy (non-hydrogen) atoms. The molecule has 0 spiro atoms. The minimum atomic E-state index is 0.372. The zero-order valence-corrected chi connectivity index (χ0v) is 25.8. The van der Waals surface area contributed by atoms with E-state index in [4.69, 9.17) is 14.2 Å². The first kappa shape index (κ1) is 32.4. The maximum atomic E-state index is 5.92. The van der Waals surface area contributed by atoms with Gasteiger partial charge < -0.3 is 14.2 Å². The largest absolute Gasteiger partial charge is 0.494 e. The zero-order valence-electron chi connectivity index (χ0n) is 25.8. The van der Waals surface area contributed by atoms with Gasteiger partial charge in [0.1, 0.15) is 18.1 Å². The highest BCUT2D eigenvalue weighted by atomic mass is 16.5. The van der Waals surface area contributed by atoms with Crippen molar-refractivity contribution in [2.24, 2.45) is 5.92 Å². The first-order valence-electron chi connectivity index (χ1n) is 16.1. The van der Waals surface area contributed by atoms with E-state index in [0.717, 1.165) is 60.2 Å². The highest BCUT2D eigenvalue weighted by molar-refractivity contribution is 5.62. The van der Waals surface area contributed by atoms with Gasteiger partial charge in [0.25, 0.3) is 0 Å². The molecule has 3 aromatic rings. The van der Waals surface area contributed by atoms with Gasteiger partial charge >= 0.3 is 6.01 Å². The molecule has 0 fully saturated rings. The van der Waals surface area contributed by atoms with E-state index >= 15 is 0 Å². The Kier molecular flexibility index (Phi) is 15.7. The Morgan fingerprint density at radius 1 is 0.585 bits per heavy atom. The summed E-state index contributed by atoms with van der Waals surface area (Å²) in [7, 11) is 0. The Morgan fingerprint density at radius 2 is 1.12 bits per heavy atom. The molecule has 1 aromatic heterocycles. The number of rotatable bonds is 22. The first-order valence-corrected chi connectivity index (χ1v) is 16.1. The summed E-state index contributed by atoms with van der Waals surface area (Å²) in [6, 6.07) is 16.6. The Balaban J connectivity index is 1.30. The van der Waals surface area contributed by atoms with Crippen molar-refractivity contribution in [2.75, 3.05) is 13.2 Å². The average Bonchev–Trinajstić information content (AvgIpc) is 3.02. The van der Waals surface area contributed by atoms with E-state index < -0.39 is 0 Å². The summed E-state index contributed by atoms with van der Waals surface area (Å²) in [5.74, 6) is 2.65. The summed E-state index contributed by atoms with van der Waals surface area (Å²) < 4.78 is 17.6. The van der Waals surface area contributed by atoms with Gasteiger partial charge in [-0.3, -0.25) is 0 Å². The third-order valence-corrected chi connectivity index (χ3v) is 7.68. The SMILES string of the molecule is CCCCCCCCCCOc1ccc(COc2ncc(-c3ccc(OCCCCCC(C)CC)cc3)cn2)cc1. The lowest BCUT2D eigenvalue weighted by atomic mass is 10.0. The predicted molar refractivity (Wildman–Crippen MR) is 170 cm³/mol. The van der Waals surface area contributed by atoms with Crippen molar-refractivity contribution in [1.29, 1.82) is 0 Å². The van der Waals surface area contributed by atoms with Gasteiger partial charge in [0.15, 0.2) is 0 Å². The number of ether oxygens (including phenoxy) is 3. The summed E-state index contributed by atoms with van der Waals surface area (Å²) in [6.45, 7) is 8.82. The molecule has 1 atom stereocenters. The minimum Gasteiger partial charge on any atom is -0.494 e. The molecule has 0 amide bonds. The molecule has 0 aliphatic rings. The van der Waals surface area contributed by atoms with Crippen LogP contribution in [-0.4, -0.2) is 23.2 Å². The lowest BCUT2D eigenvalue weighted by Gasteiger charge is -2.09. The van der Waals surface area contributed by atoms with Crippen molar-refractivity contribution in [3.8, 4) is 28.6 Å². The molecule has 1 unspecified atom stereocenters. The molecule has 0 aliphatic heterocycles. The third-order valence-electron chi connectivity index (χ3n) is 7.68. The third kappa shape index (κ3) is 13.4. The molecule has 0 N–H and O–H groups in total. The van der Waals surface area contributed by atoms with Crippen LogP contribution in [0.3, 0.4) is 0 Å². The Morgan fingerprint density at radius 3 is 1.71 bits per heavy atom. The molecule has 0 saturated heterocycles. The topological polar surface area (TPSA) is 53.5 Å². The number of benzene rings is 2. The monoisotopic (exact) mass is 560 g/mol. The lowest BCUT2D eigenvalue weighted by Crippen LogP contribution is -2.00. The van der Waals surface area contributed by atoms with Crippen LogP contribution in [0.25, 0.3) is 11.1 Å². The van der Waals surface area contributed by atoms with Gasteiger partial charge in [0, 0.05) is 18.0 Å². The molecule has 0 bridgehead atoms. The molecule has 0 radical (unpaired) electrons. The van der Waals surface area contributed by atoms with E-state index in [1.807, 2.05) is 36.4 Å². The van der Waals surface area contributed by atoms with Crippen molar-refractivity contribution in [3.63, 3.8) is 0 Å². The Bertz CT molecular complexity index is 1050. The number of nitrogens with zero attached hydrogens (tertiary/aromatic N) is 2. The molecular formula is C36H52N2O3. The molecule has 224 valence electrons. The van der Waals surface area contributed by atoms with Gasteiger partial charge in [-0.2, -0.15) is 0 Å². The van der Waals surface area contributed by atoms with Crippen LogP contribution in [0.4, 0.5) is 0 Å². The number of unbranched alkanes of at least 4 members (excludes halogenated alkanes) is 9. The molecular weight excluding hydrogens is 508 g/mol. The van der Waals surface area contributed by atoms with Crippen LogP contribution < -0.4 is 14.2 Å². The number of aromatic nitrogens is 2. The highest BCUT2D eigenvalue weighted by Gasteiger charge is 2.05. The summed E-state index contributed by atoms with van der Waals surface area (Å²) in [6.07, 6.45) is 20.3. The minimum absolute atomic E-state index is 0.372. The van der Waals surface area contributed by atoms with E-state index in [1.165, 1.54) is 70.6 Å². The molecule has 2 aromatic carbocycles. The van der Waals surface area contributed by atoms with Crippen molar-refractivity contribution in [3.05, 3.63) is 66.5 Å². The van der Waals surface area contributed by atoms with Crippen LogP contribution in [0.2, 0.25) is 0 Å². The second kappa shape index (κ2) is 19.9. The maximum Gasteiger partial charge on any atom is 0.316 e. The van der Waals surface area contributed by atoms with Crippen LogP contribution in [-0.2, 0) is 6.61 Å². The van der Waals surface area contributed by atoms with Gasteiger partial charge in [-0.15, -0.1) is 0 Å². The summed E-state index contributed by atoms with van der Waals surface area (Å²) >= 11 is 0. The van der Waals surface area contributed by atoms with Crippen LogP contribution in [0.5, 0.6) is 17.5 Å². The Labute approximate surface area is 249 Å². The molecule has 5 heteroatoms. The Hall–Kier alpha value is -3.08. The molecule has 0 saturated carbocycles. The zero-order chi connectivity index (χ0) is 29.0. The smallest absolute Gasteiger partial charge is 0.316 e. The van der Waals surface area contributed by atoms with Gasteiger partial charge in [-0.25, -0.2) is 9.97 Å². The first-order chi connectivity index (χ1) is 20.2. The fraction of sp³-hybridized carbons (Fsp3) is 0.556. The fourth-order valence-electron chi connectivity index (χ4n) is 4.70. The summed E-state index contributed by atoms with van der Waals surface area (Å²) in [5, 5.41) is 0. The fourth-order valence-corrected chi connectivity index (χ4v) is 4.70.